The van der Waals surface area contributed by atoms with Crippen LogP contribution in [0.4, 0.5) is 0 Å². The molecule has 3 nitrogen and oxygen atoms in total. The average Bonchev–Trinajstić information content (AvgIpc) is 2.39. The van der Waals surface area contributed by atoms with E-state index in [0.717, 1.165) is 22.4 Å². The fourth-order valence-corrected chi connectivity index (χ4v) is 1.96. The van der Waals surface area contributed by atoms with Crippen molar-refractivity contribution >= 4 is 5.78 Å². The third-order valence-corrected chi connectivity index (χ3v) is 2.89. The van der Waals surface area contributed by atoms with E-state index < -0.39 is 0 Å². The van der Waals surface area contributed by atoms with Gasteiger partial charge in [-0.3, -0.25) is 9.78 Å². The molecule has 0 atom stereocenters. The van der Waals surface area contributed by atoms with Gasteiger partial charge in [0.25, 0.3) is 0 Å². The van der Waals surface area contributed by atoms with Gasteiger partial charge in [-0.1, -0.05) is 6.07 Å². The number of pyridine rings is 1. The minimum Gasteiger partial charge on any atom is -0.496 e. The second-order valence-corrected chi connectivity index (χ2v) is 4.17. The van der Waals surface area contributed by atoms with E-state index in [2.05, 4.69) is 4.98 Å². The number of hydrogen-bond donors (Lipinski definition) is 0. The molecule has 1 aromatic carbocycles. The van der Waals surface area contributed by atoms with Crippen LogP contribution in [0.5, 0.6) is 5.75 Å². The fourth-order valence-electron chi connectivity index (χ4n) is 1.96. The van der Waals surface area contributed by atoms with E-state index in [4.69, 9.17) is 4.74 Å². The Hall–Kier alpha value is -2.16. The maximum absolute atomic E-state index is 11.7. The molecule has 3 heteroatoms. The van der Waals surface area contributed by atoms with Gasteiger partial charge in [0.1, 0.15) is 5.75 Å². The van der Waals surface area contributed by atoms with Crippen molar-refractivity contribution in [3.63, 3.8) is 0 Å². The average molecular weight is 241 g/mol. The lowest BCUT2D eigenvalue weighted by Gasteiger charge is -2.12. The fraction of sp³-hybridized carbons (Fsp3) is 0.200. The maximum atomic E-state index is 11.7. The second-order valence-electron chi connectivity index (χ2n) is 4.17. The Morgan fingerprint density at radius 1 is 1.33 bits per heavy atom. The number of ketones is 1. The standard InChI is InChI=1S/C15H15NO2/c1-10-7-14(12-5-4-6-16-9-12)13(11(2)17)8-15(10)18-3/h4-9H,1-3H3. The van der Waals surface area contributed by atoms with Crippen LogP contribution in [-0.2, 0) is 0 Å². The summed E-state index contributed by atoms with van der Waals surface area (Å²) in [6.45, 7) is 3.52. The second kappa shape index (κ2) is 5.00. The molecule has 0 amide bonds. The van der Waals surface area contributed by atoms with Gasteiger partial charge in [-0.05, 0) is 43.2 Å². The summed E-state index contributed by atoms with van der Waals surface area (Å²) in [6, 6.07) is 7.56. The summed E-state index contributed by atoms with van der Waals surface area (Å²) in [5, 5.41) is 0. The Bertz CT molecular complexity index is 577. The van der Waals surface area contributed by atoms with E-state index >= 15 is 0 Å². The van der Waals surface area contributed by atoms with Crippen molar-refractivity contribution in [2.45, 2.75) is 13.8 Å². The molecule has 0 saturated carbocycles. The first-order valence-corrected chi connectivity index (χ1v) is 5.73. The Morgan fingerprint density at radius 2 is 2.11 bits per heavy atom. The van der Waals surface area contributed by atoms with Crippen molar-refractivity contribution in [1.82, 2.24) is 4.98 Å². The minimum atomic E-state index is 0.0205. The smallest absolute Gasteiger partial charge is 0.160 e. The zero-order chi connectivity index (χ0) is 13.1. The van der Waals surface area contributed by atoms with Crippen molar-refractivity contribution in [1.29, 1.82) is 0 Å². The van der Waals surface area contributed by atoms with Crippen LogP contribution in [0.3, 0.4) is 0 Å². The molecule has 1 aromatic heterocycles. The molecule has 2 aromatic rings. The van der Waals surface area contributed by atoms with Crippen LogP contribution in [0.25, 0.3) is 11.1 Å². The van der Waals surface area contributed by atoms with Gasteiger partial charge in [-0.25, -0.2) is 0 Å². The van der Waals surface area contributed by atoms with Crippen molar-refractivity contribution < 1.29 is 9.53 Å². The third kappa shape index (κ3) is 2.25. The summed E-state index contributed by atoms with van der Waals surface area (Å²) < 4.78 is 5.26. The normalized spacial score (nSPS) is 10.2. The summed E-state index contributed by atoms with van der Waals surface area (Å²) in [5.74, 6) is 0.750. The first-order valence-electron chi connectivity index (χ1n) is 5.73. The van der Waals surface area contributed by atoms with E-state index in [1.807, 2.05) is 25.1 Å². The zero-order valence-corrected chi connectivity index (χ0v) is 10.7. The van der Waals surface area contributed by atoms with Crippen LogP contribution in [-0.4, -0.2) is 17.9 Å². The SMILES string of the molecule is COc1cc(C(C)=O)c(-c2cccnc2)cc1C. The summed E-state index contributed by atoms with van der Waals surface area (Å²) in [4.78, 5) is 15.8. The monoisotopic (exact) mass is 241 g/mol. The van der Waals surface area contributed by atoms with Crippen LogP contribution >= 0.6 is 0 Å². The molecule has 0 aliphatic carbocycles. The number of methoxy groups -OCH3 is 1. The number of carbonyl (C=O) groups is 1. The highest BCUT2D eigenvalue weighted by Crippen LogP contribution is 2.30. The molecule has 1 heterocycles. The molecule has 92 valence electrons. The number of ether oxygens (including phenoxy) is 1. The first kappa shape index (κ1) is 12.3. The van der Waals surface area contributed by atoms with E-state index in [1.165, 1.54) is 0 Å². The molecule has 0 aliphatic rings. The highest BCUT2D eigenvalue weighted by molar-refractivity contribution is 6.01. The Kier molecular flexibility index (Phi) is 3.42. The van der Waals surface area contributed by atoms with Gasteiger partial charge in [0.2, 0.25) is 0 Å². The Morgan fingerprint density at radius 3 is 2.67 bits per heavy atom. The van der Waals surface area contributed by atoms with E-state index in [9.17, 15) is 4.79 Å². The molecule has 0 aliphatic heterocycles. The van der Waals surface area contributed by atoms with E-state index in [1.54, 1.807) is 32.5 Å². The van der Waals surface area contributed by atoms with Gasteiger partial charge in [0, 0.05) is 23.5 Å². The zero-order valence-electron chi connectivity index (χ0n) is 10.7. The number of aromatic nitrogens is 1. The molecule has 2 rings (SSSR count). The van der Waals surface area contributed by atoms with Crippen LogP contribution in [0.2, 0.25) is 0 Å². The van der Waals surface area contributed by atoms with Gasteiger partial charge in [-0.2, -0.15) is 0 Å². The van der Waals surface area contributed by atoms with Crippen molar-refractivity contribution in [3.05, 3.63) is 47.8 Å². The summed E-state index contributed by atoms with van der Waals surface area (Å²) in [5.41, 5.74) is 3.49. The number of rotatable bonds is 3. The molecule has 18 heavy (non-hydrogen) atoms. The lowest BCUT2D eigenvalue weighted by Crippen LogP contribution is -1.99. The predicted octanol–water partition coefficient (Wildman–Crippen LogP) is 3.27. The third-order valence-electron chi connectivity index (χ3n) is 2.89. The van der Waals surface area contributed by atoms with Crippen molar-refractivity contribution in [2.75, 3.05) is 7.11 Å². The molecular weight excluding hydrogens is 226 g/mol. The summed E-state index contributed by atoms with van der Waals surface area (Å²) in [7, 11) is 1.61. The van der Waals surface area contributed by atoms with Gasteiger partial charge in [-0.15, -0.1) is 0 Å². The Balaban J connectivity index is 2.66. The molecule has 0 unspecified atom stereocenters. The number of nitrogens with zero attached hydrogens (tertiary/aromatic N) is 1. The molecule has 0 saturated heterocycles. The predicted molar refractivity (Wildman–Crippen MR) is 71.0 cm³/mol. The largest absolute Gasteiger partial charge is 0.496 e. The number of Topliss-reactive ketones (excluding diaryl/α,β-unsaturated/α-hetero) is 1. The van der Waals surface area contributed by atoms with Gasteiger partial charge in [0.05, 0.1) is 7.11 Å². The lowest BCUT2D eigenvalue weighted by molar-refractivity contribution is 0.101. The van der Waals surface area contributed by atoms with Crippen molar-refractivity contribution in [2.24, 2.45) is 0 Å². The van der Waals surface area contributed by atoms with Gasteiger partial charge >= 0.3 is 0 Å². The maximum Gasteiger partial charge on any atom is 0.160 e. The Labute approximate surface area is 106 Å². The molecule has 0 fully saturated rings. The number of hydrogen-bond acceptors (Lipinski definition) is 3. The number of carbonyl (C=O) groups excluding carboxylic acids is 1. The molecule has 0 N–H and O–H groups in total. The van der Waals surface area contributed by atoms with Crippen LogP contribution < -0.4 is 4.74 Å². The van der Waals surface area contributed by atoms with E-state index in [0.29, 0.717) is 5.56 Å². The summed E-state index contributed by atoms with van der Waals surface area (Å²) >= 11 is 0. The topological polar surface area (TPSA) is 39.2 Å². The highest BCUT2D eigenvalue weighted by Gasteiger charge is 2.13. The molecule has 0 bridgehead atoms. The number of benzene rings is 1. The lowest BCUT2D eigenvalue weighted by atomic mass is 9.96. The first-order chi connectivity index (χ1) is 8.63. The van der Waals surface area contributed by atoms with Crippen molar-refractivity contribution in [3.8, 4) is 16.9 Å². The minimum absolute atomic E-state index is 0.0205. The highest BCUT2D eigenvalue weighted by atomic mass is 16.5. The van der Waals surface area contributed by atoms with Crippen LogP contribution in [0.1, 0.15) is 22.8 Å². The molecule has 0 radical (unpaired) electrons. The quantitative estimate of drug-likeness (QED) is 0.774. The van der Waals surface area contributed by atoms with E-state index in [-0.39, 0.29) is 5.78 Å². The molecular formula is C15H15NO2. The number of aryl methyl sites for hydroxylation is 1. The summed E-state index contributed by atoms with van der Waals surface area (Å²) in [6.07, 6.45) is 3.47. The van der Waals surface area contributed by atoms with Gasteiger partial charge in [0.15, 0.2) is 5.78 Å². The van der Waals surface area contributed by atoms with Crippen LogP contribution in [0, 0.1) is 6.92 Å². The van der Waals surface area contributed by atoms with Gasteiger partial charge < -0.3 is 4.74 Å². The van der Waals surface area contributed by atoms with Crippen LogP contribution in [0.15, 0.2) is 36.7 Å². The molecule has 0 spiro atoms.